The summed E-state index contributed by atoms with van der Waals surface area (Å²) in [6.07, 6.45) is 0. The molecule has 0 aliphatic rings. The minimum atomic E-state index is -0.184. The van der Waals surface area contributed by atoms with Gasteiger partial charge in [-0.3, -0.25) is 0 Å². The number of hydrogen-bond acceptors (Lipinski definition) is 2. The number of benzene rings is 1. The van der Waals surface area contributed by atoms with Crippen LogP contribution in [0.15, 0.2) is 24.3 Å². The van der Waals surface area contributed by atoms with Crippen LogP contribution in [0, 0.1) is 6.07 Å². The fourth-order valence-corrected chi connectivity index (χ4v) is 1.04. The molecule has 16 heavy (non-hydrogen) atoms. The Hall–Kier alpha value is -0.888. The first kappa shape index (κ1) is 15.1. The zero-order chi connectivity index (χ0) is 11.1. The van der Waals surface area contributed by atoms with Gasteiger partial charge in [-0.1, -0.05) is 5.69 Å². The quantitative estimate of drug-likeness (QED) is 0.647. The molecule has 2 amide bonds. The molecule has 0 radical (unpaired) electrons. The molecule has 0 aliphatic carbocycles. The Labute approximate surface area is 110 Å². The molecule has 0 fully saturated rings. The Morgan fingerprint density at radius 3 is 2.81 bits per heavy atom. The van der Waals surface area contributed by atoms with Crippen molar-refractivity contribution < 1.29 is 25.2 Å². The number of likely N-dealkylation sites (N-methyl/N-ethyl adjacent to an activating group) is 1. The van der Waals surface area contributed by atoms with Gasteiger partial charge in [-0.05, 0) is 14.1 Å². The normalized spacial score (nSPS) is 9.44. The van der Waals surface area contributed by atoms with E-state index in [1.165, 1.54) is 0 Å². The molecule has 0 spiro atoms. The molecule has 0 atom stereocenters. The van der Waals surface area contributed by atoms with Crippen molar-refractivity contribution in [1.82, 2.24) is 10.2 Å². The summed E-state index contributed by atoms with van der Waals surface area (Å²) in [6.45, 7) is 1.46. The summed E-state index contributed by atoms with van der Waals surface area (Å²) in [5.74, 6) is 0. The van der Waals surface area contributed by atoms with Crippen molar-refractivity contribution in [3.63, 3.8) is 0 Å². The van der Waals surface area contributed by atoms with Crippen molar-refractivity contribution in [3.05, 3.63) is 30.3 Å². The van der Waals surface area contributed by atoms with Gasteiger partial charge in [-0.25, -0.2) is 4.79 Å². The fraction of sp³-hybridized carbons (Fsp3) is 0.364. The van der Waals surface area contributed by atoms with E-state index in [1.807, 2.05) is 31.1 Å². The average Bonchev–Trinajstić information content (AvgIpc) is 2.18. The number of rotatable bonds is 4. The molecular weight excluding hydrogens is 297 g/mol. The van der Waals surface area contributed by atoms with E-state index >= 15 is 0 Å². The van der Waals surface area contributed by atoms with Crippen molar-refractivity contribution in [2.45, 2.75) is 0 Å². The first-order chi connectivity index (χ1) is 7.18. The molecule has 5 heteroatoms. The SMILES string of the molecule is CN(C)CCNC(=O)Nc1c[c-]ccc1.[Pd]. The third-order valence-electron chi connectivity index (χ3n) is 1.81. The van der Waals surface area contributed by atoms with E-state index in [4.69, 9.17) is 0 Å². The first-order valence-electron chi connectivity index (χ1n) is 4.84. The zero-order valence-corrected chi connectivity index (χ0v) is 10.9. The maximum absolute atomic E-state index is 11.3. The maximum Gasteiger partial charge on any atom is 0.308 e. The predicted molar refractivity (Wildman–Crippen MR) is 60.9 cm³/mol. The summed E-state index contributed by atoms with van der Waals surface area (Å²) in [6, 6.07) is 9.87. The van der Waals surface area contributed by atoms with Crippen molar-refractivity contribution >= 4 is 11.7 Å². The molecule has 92 valence electrons. The molecular formula is C11H16N3OPd-. The zero-order valence-electron chi connectivity index (χ0n) is 9.40. The largest absolute Gasteiger partial charge is 0.362 e. The van der Waals surface area contributed by atoms with E-state index in [2.05, 4.69) is 16.7 Å². The Bertz CT molecular complexity index is 303. The Morgan fingerprint density at radius 2 is 2.25 bits per heavy atom. The maximum atomic E-state index is 11.3. The average molecular weight is 313 g/mol. The standard InChI is InChI=1S/C11H16N3O.Pd/c1-14(2)9-8-12-11(15)13-10-6-4-3-5-7-10;/h3-4,6-7H,8-9H2,1-2H3,(H2,12,13,15);/q-1;. The van der Waals surface area contributed by atoms with Gasteiger partial charge < -0.3 is 15.5 Å². The Balaban J connectivity index is 0.00000225. The third-order valence-corrected chi connectivity index (χ3v) is 1.81. The van der Waals surface area contributed by atoms with Crippen LogP contribution in [0.3, 0.4) is 0 Å². The minimum Gasteiger partial charge on any atom is -0.362 e. The van der Waals surface area contributed by atoms with Crippen LogP contribution in [0.2, 0.25) is 0 Å². The molecule has 0 heterocycles. The van der Waals surface area contributed by atoms with Crippen molar-refractivity contribution in [3.8, 4) is 0 Å². The number of carbonyl (C=O) groups is 1. The third kappa shape index (κ3) is 6.57. The monoisotopic (exact) mass is 312 g/mol. The van der Waals surface area contributed by atoms with Crippen LogP contribution in [0.1, 0.15) is 0 Å². The number of anilines is 1. The molecule has 1 aromatic rings. The van der Waals surface area contributed by atoms with E-state index < -0.39 is 0 Å². The summed E-state index contributed by atoms with van der Waals surface area (Å²) < 4.78 is 0. The van der Waals surface area contributed by atoms with Crippen LogP contribution >= 0.6 is 0 Å². The minimum absolute atomic E-state index is 0. The molecule has 0 aromatic heterocycles. The van der Waals surface area contributed by atoms with E-state index in [9.17, 15) is 4.79 Å². The molecule has 1 rings (SSSR count). The van der Waals surface area contributed by atoms with Gasteiger partial charge in [0.05, 0.1) is 0 Å². The van der Waals surface area contributed by atoms with Gasteiger partial charge in [0, 0.05) is 33.5 Å². The van der Waals surface area contributed by atoms with Crippen molar-refractivity contribution in [1.29, 1.82) is 0 Å². The molecule has 2 N–H and O–H groups in total. The molecule has 0 aliphatic heterocycles. The molecule has 1 aromatic carbocycles. The first-order valence-corrected chi connectivity index (χ1v) is 4.84. The van der Waals surface area contributed by atoms with Gasteiger partial charge in [0.1, 0.15) is 0 Å². The molecule has 0 unspecified atom stereocenters. The molecule has 0 bridgehead atoms. The summed E-state index contributed by atoms with van der Waals surface area (Å²) in [7, 11) is 3.93. The van der Waals surface area contributed by atoms with Gasteiger partial charge in [0.15, 0.2) is 0 Å². The van der Waals surface area contributed by atoms with Crippen LogP contribution in [-0.4, -0.2) is 38.1 Å². The number of urea groups is 1. The summed E-state index contributed by atoms with van der Waals surface area (Å²) in [4.78, 5) is 13.3. The Kier molecular flexibility index (Phi) is 7.83. The van der Waals surface area contributed by atoms with Crippen LogP contribution in [0.5, 0.6) is 0 Å². The van der Waals surface area contributed by atoms with E-state index in [1.54, 1.807) is 12.1 Å². The second-order valence-corrected chi connectivity index (χ2v) is 3.48. The van der Waals surface area contributed by atoms with Crippen LogP contribution in [0.25, 0.3) is 0 Å². The van der Waals surface area contributed by atoms with Gasteiger partial charge in [0.25, 0.3) is 0 Å². The van der Waals surface area contributed by atoms with Gasteiger partial charge in [-0.15, -0.1) is 6.07 Å². The van der Waals surface area contributed by atoms with Crippen LogP contribution in [-0.2, 0) is 20.4 Å². The van der Waals surface area contributed by atoms with E-state index in [0.29, 0.717) is 6.54 Å². The number of hydrogen-bond donors (Lipinski definition) is 2. The summed E-state index contributed by atoms with van der Waals surface area (Å²) in [5.41, 5.74) is 0.750. The fourth-order valence-electron chi connectivity index (χ4n) is 1.04. The number of amides is 2. The Morgan fingerprint density at radius 1 is 1.50 bits per heavy atom. The number of carbonyl (C=O) groups excluding carboxylic acids is 1. The summed E-state index contributed by atoms with van der Waals surface area (Å²) >= 11 is 0. The van der Waals surface area contributed by atoms with Crippen LogP contribution < -0.4 is 10.6 Å². The van der Waals surface area contributed by atoms with Gasteiger partial charge in [-0.2, -0.15) is 24.3 Å². The molecule has 0 saturated carbocycles. The van der Waals surface area contributed by atoms with Crippen molar-refractivity contribution in [2.24, 2.45) is 0 Å². The van der Waals surface area contributed by atoms with E-state index in [-0.39, 0.29) is 26.5 Å². The number of nitrogens with one attached hydrogen (secondary N) is 2. The predicted octanol–water partition coefficient (Wildman–Crippen LogP) is 1.17. The van der Waals surface area contributed by atoms with Gasteiger partial charge in [0.2, 0.25) is 0 Å². The van der Waals surface area contributed by atoms with Gasteiger partial charge >= 0.3 is 6.03 Å². The summed E-state index contributed by atoms with van der Waals surface area (Å²) in [5, 5.41) is 5.47. The van der Waals surface area contributed by atoms with Crippen LogP contribution in [0.4, 0.5) is 10.5 Å². The molecule has 4 nitrogen and oxygen atoms in total. The number of nitrogens with zero attached hydrogens (tertiary/aromatic N) is 1. The molecule has 0 saturated heterocycles. The van der Waals surface area contributed by atoms with Crippen molar-refractivity contribution in [2.75, 3.05) is 32.5 Å². The van der Waals surface area contributed by atoms with E-state index in [0.717, 1.165) is 12.2 Å². The second kappa shape index (κ2) is 8.29. The smallest absolute Gasteiger partial charge is 0.308 e. The topological polar surface area (TPSA) is 44.4 Å². The second-order valence-electron chi connectivity index (χ2n) is 3.48.